The predicted octanol–water partition coefficient (Wildman–Crippen LogP) is 3.40. The molecule has 0 amide bonds. The van der Waals surface area contributed by atoms with Gasteiger partial charge in [0.25, 0.3) is 0 Å². The van der Waals surface area contributed by atoms with E-state index in [2.05, 4.69) is 10.1 Å². The van der Waals surface area contributed by atoms with Gasteiger partial charge >= 0.3 is 5.97 Å². The van der Waals surface area contributed by atoms with E-state index in [9.17, 15) is 4.79 Å². The average Bonchev–Trinajstić information content (AvgIpc) is 3.02. The Morgan fingerprint density at radius 1 is 1.23 bits per heavy atom. The van der Waals surface area contributed by atoms with Crippen LogP contribution in [0.25, 0.3) is 11.3 Å². The molecular weight excluding hydrogens is 280 g/mol. The van der Waals surface area contributed by atoms with Gasteiger partial charge in [0.15, 0.2) is 12.4 Å². The molecule has 0 spiro atoms. The Hall–Kier alpha value is -2.95. The second kappa shape index (κ2) is 6.22. The van der Waals surface area contributed by atoms with E-state index < -0.39 is 5.97 Å². The van der Waals surface area contributed by atoms with Gasteiger partial charge in [-0.15, -0.1) is 0 Å². The summed E-state index contributed by atoms with van der Waals surface area (Å²) in [4.78, 5) is 15.7. The topological polar surface area (TPSA) is 65.2 Å². The maximum atomic E-state index is 11.8. The lowest BCUT2D eigenvalue weighted by Crippen LogP contribution is -2.04. The lowest BCUT2D eigenvalue weighted by atomic mass is 10.1. The highest BCUT2D eigenvalue weighted by molar-refractivity contribution is 5.88. The van der Waals surface area contributed by atoms with Gasteiger partial charge in [0.05, 0.1) is 5.56 Å². The molecule has 0 atom stereocenters. The van der Waals surface area contributed by atoms with Gasteiger partial charge in [-0.25, -0.2) is 4.79 Å². The third kappa shape index (κ3) is 3.20. The minimum Gasteiger partial charge on any atom is -0.454 e. The van der Waals surface area contributed by atoms with Crippen LogP contribution in [-0.2, 0) is 11.3 Å². The van der Waals surface area contributed by atoms with E-state index in [1.165, 1.54) is 6.20 Å². The Kier molecular flexibility index (Phi) is 3.96. The Bertz CT molecular complexity index is 781. The van der Waals surface area contributed by atoms with E-state index >= 15 is 0 Å². The molecule has 0 aliphatic heterocycles. The van der Waals surface area contributed by atoms with Crippen LogP contribution in [0.15, 0.2) is 59.4 Å². The molecule has 110 valence electrons. The van der Waals surface area contributed by atoms with Crippen molar-refractivity contribution in [3.63, 3.8) is 0 Å². The van der Waals surface area contributed by atoms with E-state index in [4.69, 9.17) is 9.26 Å². The molecular formula is C17H14N2O3. The third-order valence-electron chi connectivity index (χ3n) is 3.12. The number of hydrogen-bond acceptors (Lipinski definition) is 5. The van der Waals surface area contributed by atoms with Crippen molar-refractivity contribution in [3.8, 4) is 11.3 Å². The maximum Gasteiger partial charge on any atom is 0.340 e. The smallest absolute Gasteiger partial charge is 0.340 e. The molecule has 3 aromatic rings. The molecule has 0 bridgehead atoms. The quantitative estimate of drug-likeness (QED) is 0.690. The van der Waals surface area contributed by atoms with Gasteiger partial charge in [-0.1, -0.05) is 28.9 Å². The summed E-state index contributed by atoms with van der Waals surface area (Å²) < 4.78 is 10.4. The molecule has 0 N–H and O–H groups in total. The lowest BCUT2D eigenvalue weighted by Gasteiger charge is -2.01. The van der Waals surface area contributed by atoms with Crippen molar-refractivity contribution in [1.29, 1.82) is 0 Å². The molecule has 22 heavy (non-hydrogen) atoms. The monoisotopic (exact) mass is 294 g/mol. The fraction of sp³-hybridized carbons (Fsp3) is 0.118. The number of ether oxygens (including phenoxy) is 1. The third-order valence-corrected chi connectivity index (χ3v) is 3.12. The first-order chi connectivity index (χ1) is 10.7. The zero-order chi connectivity index (χ0) is 15.4. The van der Waals surface area contributed by atoms with Crippen molar-refractivity contribution < 1.29 is 14.1 Å². The average molecular weight is 294 g/mol. The number of carbonyl (C=O) groups excluding carboxylic acids is 1. The van der Waals surface area contributed by atoms with Crippen molar-refractivity contribution in [2.75, 3.05) is 0 Å². The highest BCUT2D eigenvalue weighted by Crippen LogP contribution is 2.20. The SMILES string of the molecule is Cc1cccc(-c2cc(COC(=O)c3cccnc3)on2)c1. The second-order valence-corrected chi connectivity index (χ2v) is 4.87. The molecule has 0 unspecified atom stereocenters. The summed E-state index contributed by atoms with van der Waals surface area (Å²) in [7, 11) is 0. The first-order valence-electron chi connectivity index (χ1n) is 6.82. The number of carbonyl (C=O) groups is 1. The minimum atomic E-state index is -0.443. The first-order valence-corrected chi connectivity index (χ1v) is 6.82. The second-order valence-electron chi connectivity index (χ2n) is 4.87. The number of esters is 1. The molecule has 2 heterocycles. The summed E-state index contributed by atoms with van der Waals surface area (Å²) in [6.07, 6.45) is 3.06. The van der Waals surface area contributed by atoms with Gasteiger partial charge < -0.3 is 9.26 Å². The number of nitrogens with zero attached hydrogens (tertiary/aromatic N) is 2. The number of rotatable bonds is 4. The first kappa shape index (κ1) is 14.0. The van der Waals surface area contributed by atoms with Crippen molar-refractivity contribution in [1.82, 2.24) is 10.1 Å². The number of aromatic nitrogens is 2. The molecule has 0 radical (unpaired) electrons. The van der Waals surface area contributed by atoms with E-state index in [-0.39, 0.29) is 6.61 Å². The molecule has 0 saturated carbocycles. The number of benzene rings is 1. The molecule has 5 nitrogen and oxygen atoms in total. The van der Waals surface area contributed by atoms with Gasteiger partial charge in [0, 0.05) is 24.0 Å². The molecule has 0 saturated heterocycles. The van der Waals surface area contributed by atoms with Crippen LogP contribution in [0, 0.1) is 6.92 Å². The van der Waals surface area contributed by atoms with E-state index in [0.717, 1.165) is 16.8 Å². The molecule has 0 aliphatic carbocycles. The molecule has 3 rings (SSSR count). The summed E-state index contributed by atoms with van der Waals surface area (Å²) in [5.41, 5.74) is 3.23. The van der Waals surface area contributed by atoms with Crippen LogP contribution < -0.4 is 0 Å². The van der Waals surface area contributed by atoms with E-state index in [1.54, 1.807) is 24.4 Å². The standard InChI is InChI=1S/C17H14N2O3/c1-12-4-2-5-13(8-12)16-9-15(22-19-16)11-21-17(20)14-6-3-7-18-10-14/h2-10H,11H2,1H3. The van der Waals surface area contributed by atoms with Crippen LogP contribution >= 0.6 is 0 Å². The zero-order valence-electron chi connectivity index (χ0n) is 12.0. The Labute approximate surface area is 127 Å². The van der Waals surface area contributed by atoms with E-state index in [1.807, 2.05) is 31.2 Å². The fourth-order valence-electron chi connectivity index (χ4n) is 2.02. The van der Waals surface area contributed by atoms with Crippen LogP contribution in [0.3, 0.4) is 0 Å². The Morgan fingerprint density at radius 2 is 2.14 bits per heavy atom. The van der Waals surface area contributed by atoms with Gasteiger partial charge in [-0.2, -0.15) is 0 Å². The summed E-state index contributed by atoms with van der Waals surface area (Å²) in [5, 5.41) is 4.00. The van der Waals surface area contributed by atoms with Crippen LogP contribution in [0.1, 0.15) is 21.7 Å². The summed E-state index contributed by atoms with van der Waals surface area (Å²) in [5.74, 6) is 0.0513. The van der Waals surface area contributed by atoms with Gasteiger partial charge in [0.1, 0.15) is 5.69 Å². The fourth-order valence-corrected chi connectivity index (χ4v) is 2.02. The van der Waals surface area contributed by atoms with Crippen LogP contribution in [0.5, 0.6) is 0 Å². The number of pyridine rings is 1. The highest BCUT2D eigenvalue weighted by atomic mass is 16.5. The van der Waals surface area contributed by atoms with Crippen molar-refractivity contribution in [3.05, 3.63) is 71.7 Å². The van der Waals surface area contributed by atoms with Gasteiger partial charge in [-0.05, 0) is 25.1 Å². The van der Waals surface area contributed by atoms with Crippen molar-refractivity contribution in [2.24, 2.45) is 0 Å². The Balaban J connectivity index is 1.66. The summed E-state index contributed by atoms with van der Waals surface area (Å²) in [6.45, 7) is 2.05. The van der Waals surface area contributed by atoms with Crippen molar-refractivity contribution >= 4 is 5.97 Å². The van der Waals surface area contributed by atoms with E-state index in [0.29, 0.717) is 11.3 Å². The lowest BCUT2D eigenvalue weighted by molar-refractivity contribution is 0.0437. The predicted molar refractivity (Wildman–Crippen MR) is 80.0 cm³/mol. The molecule has 0 aliphatic rings. The van der Waals surface area contributed by atoms with Crippen LogP contribution in [0.2, 0.25) is 0 Å². The van der Waals surface area contributed by atoms with Gasteiger partial charge in [-0.3, -0.25) is 4.98 Å². The summed E-state index contributed by atoms with van der Waals surface area (Å²) >= 11 is 0. The normalized spacial score (nSPS) is 10.4. The molecule has 5 heteroatoms. The van der Waals surface area contributed by atoms with Crippen molar-refractivity contribution in [2.45, 2.75) is 13.5 Å². The van der Waals surface area contributed by atoms with Gasteiger partial charge in [0.2, 0.25) is 0 Å². The molecule has 1 aromatic carbocycles. The molecule has 2 aromatic heterocycles. The zero-order valence-corrected chi connectivity index (χ0v) is 12.0. The highest BCUT2D eigenvalue weighted by Gasteiger charge is 2.11. The minimum absolute atomic E-state index is 0.0343. The molecule has 0 fully saturated rings. The Morgan fingerprint density at radius 3 is 2.91 bits per heavy atom. The number of hydrogen-bond donors (Lipinski definition) is 0. The van der Waals surface area contributed by atoms with Crippen LogP contribution in [0.4, 0.5) is 0 Å². The summed E-state index contributed by atoms with van der Waals surface area (Å²) in [6, 6.07) is 13.0. The largest absolute Gasteiger partial charge is 0.454 e. The maximum absolute atomic E-state index is 11.8. The number of aryl methyl sites for hydroxylation is 1. The van der Waals surface area contributed by atoms with Crippen LogP contribution in [-0.4, -0.2) is 16.1 Å².